The Labute approximate surface area is 121 Å². The molecule has 0 radical (unpaired) electrons. The van der Waals surface area contributed by atoms with Crippen LogP contribution in [-0.2, 0) is 0 Å². The van der Waals surface area contributed by atoms with Gasteiger partial charge in [-0.15, -0.1) is 12.4 Å². The zero-order chi connectivity index (χ0) is 12.5. The summed E-state index contributed by atoms with van der Waals surface area (Å²) in [5.41, 5.74) is 2.51. The molecule has 1 aliphatic heterocycles. The second kappa shape index (κ2) is 5.83. The van der Waals surface area contributed by atoms with Gasteiger partial charge in [0.25, 0.3) is 0 Å². The molecule has 0 unspecified atom stereocenters. The van der Waals surface area contributed by atoms with Crippen LogP contribution < -0.4 is 4.74 Å². The highest BCUT2D eigenvalue weighted by molar-refractivity contribution is 5.86. The lowest BCUT2D eigenvalue weighted by Crippen LogP contribution is -2.33. The molecule has 1 saturated carbocycles. The molecule has 2 aliphatic rings. The highest BCUT2D eigenvalue weighted by Gasteiger charge is 2.33. The third-order valence-electron chi connectivity index (χ3n) is 3.87. The van der Waals surface area contributed by atoms with Crippen molar-refractivity contribution in [1.82, 2.24) is 4.90 Å². The van der Waals surface area contributed by atoms with E-state index in [9.17, 15) is 0 Å². The van der Waals surface area contributed by atoms with Crippen LogP contribution in [0, 0.1) is 13.8 Å². The van der Waals surface area contributed by atoms with Gasteiger partial charge in [-0.05, 0) is 43.9 Å². The highest BCUT2D eigenvalue weighted by Crippen LogP contribution is 2.29. The maximum atomic E-state index is 5.94. The number of rotatable bonds is 4. The summed E-state index contributed by atoms with van der Waals surface area (Å²) >= 11 is 0. The molecule has 1 heterocycles. The van der Waals surface area contributed by atoms with E-state index in [4.69, 9.17) is 4.74 Å². The van der Waals surface area contributed by atoms with Crippen LogP contribution >= 0.6 is 12.4 Å². The van der Waals surface area contributed by atoms with Gasteiger partial charge >= 0.3 is 0 Å². The molecule has 19 heavy (non-hydrogen) atoms. The van der Waals surface area contributed by atoms with Gasteiger partial charge in [0.1, 0.15) is 18.2 Å². The number of hydrogen-bond donors (Lipinski definition) is 0. The summed E-state index contributed by atoms with van der Waals surface area (Å²) in [4.78, 5) is 6.98. The van der Waals surface area contributed by atoms with Gasteiger partial charge in [0.15, 0.2) is 0 Å². The Kier molecular flexibility index (Phi) is 4.35. The molecule has 0 aromatic heterocycles. The summed E-state index contributed by atoms with van der Waals surface area (Å²) in [6.07, 6.45) is 2.64. The number of ether oxygens (including phenoxy) is 1. The SMILES string of the molecule is Cc1cccc(OCC2=NCCN2C2CC2)c1C.Cl. The van der Waals surface area contributed by atoms with Crippen molar-refractivity contribution in [3.8, 4) is 5.75 Å². The first kappa shape index (κ1) is 14.2. The Morgan fingerprint density at radius 2 is 2.11 bits per heavy atom. The van der Waals surface area contributed by atoms with E-state index in [1.165, 1.54) is 24.0 Å². The molecular formula is C15H21ClN2O. The van der Waals surface area contributed by atoms with Gasteiger partial charge in [-0.3, -0.25) is 4.99 Å². The summed E-state index contributed by atoms with van der Waals surface area (Å²) in [6, 6.07) is 6.95. The molecule has 0 spiro atoms. The Bertz CT molecular complexity index is 483. The quantitative estimate of drug-likeness (QED) is 0.847. The molecule has 1 aromatic rings. The van der Waals surface area contributed by atoms with Crippen molar-refractivity contribution in [2.45, 2.75) is 32.7 Å². The van der Waals surface area contributed by atoms with Crippen molar-refractivity contribution < 1.29 is 4.74 Å². The largest absolute Gasteiger partial charge is 0.485 e. The predicted octanol–water partition coefficient (Wildman–Crippen LogP) is 2.98. The number of aryl methyl sites for hydroxylation is 1. The van der Waals surface area contributed by atoms with Gasteiger partial charge in [0.05, 0.1) is 6.54 Å². The fraction of sp³-hybridized carbons (Fsp3) is 0.533. The summed E-state index contributed by atoms with van der Waals surface area (Å²) in [7, 11) is 0. The van der Waals surface area contributed by atoms with E-state index in [-0.39, 0.29) is 12.4 Å². The number of halogens is 1. The first-order chi connectivity index (χ1) is 8.75. The minimum absolute atomic E-state index is 0. The van der Waals surface area contributed by atoms with Crippen molar-refractivity contribution >= 4 is 18.2 Å². The number of benzene rings is 1. The van der Waals surface area contributed by atoms with Crippen LogP contribution in [0.15, 0.2) is 23.2 Å². The molecule has 0 saturated heterocycles. The number of amidine groups is 1. The Morgan fingerprint density at radius 1 is 1.32 bits per heavy atom. The molecule has 104 valence electrons. The topological polar surface area (TPSA) is 24.8 Å². The van der Waals surface area contributed by atoms with E-state index in [0.717, 1.165) is 30.7 Å². The third kappa shape index (κ3) is 3.03. The summed E-state index contributed by atoms with van der Waals surface area (Å²) in [5.74, 6) is 2.12. The predicted molar refractivity (Wildman–Crippen MR) is 80.7 cm³/mol. The normalized spacial score (nSPS) is 18.0. The zero-order valence-corrected chi connectivity index (χ0v) is 12.4. The molecule has 0 atom stereocenters. The average molecular weight is 281 g/mol. The van der Waals surface area contributed by atoms with E-state index in [0.29, 0.717) is 6.61 Å². The number of nitrogens with zero attached hydrogens (tertiary/aromatic N) is 2. The van der Waals surface area contributed by atoms with E-state index in [1.807, 2.05) is 12.1 Å². The second-order valence-electron chi connectivity index (χ2n) is 5.21. The molecule has 1 aliphatic carbocycles. The van der Waals surface area contributed by atoms with Gasteiger partial charge < -0.3 is 9.64 Å². The lowest BCUT2D eigenvalue weighted by molar-refractivity contribution is 0.342. The van der Waals surface area contributed by atoms with Crippen LogP contribution in [0.5, 0.6) is 5.75 Å². The van der Waals surface area contributed by atoms with Gasteiger partial charge in [0, 0.05) is 12.6 Å². The lowest BCUT2D eigenvalue weighted by Gasteiger charge is -2.20. The van der Waals surface area contributed by atoms with Crippen LogP contribution in [0.2, 0.25) is 0 Å². The molecule has 3 rings (SSSR count). The monoisotopic (exact) mass is 280 g/mol. The molecular weight excluding hydrogens is 260 g/mol. The van der Waals surface area contributed by atoms with Gasteiger partial charge in [-0.25, -0.2) is 0 Å². The van der Waals surface area contributed by atoms with Crippen LogP contribution in [0.25, 0.3) is 0 Å². The van der Waals surface area contributed by atoms with Crippen molar-refractivity contribution in [1.29, 1.82) is 0 Å². The van der Waals surface area contributed by atoms with Crippen LogP contribution in [0.4, 0.5) is 0 Å². The molecule has 0 N–H and O–H groups in total. The third-order valence-corrected chi connectivity index (χ3v) is 3.87. The molecule has 3 nitrogen and oxygen atoms in total. The minimum atomic E-state index is 0. The van der Waals surface area contributed by atoms with Crippen molar-refractivity contribution in [2.24, 2.45) is 4.99 Å². The highest BCUT2D eigenvalue weighted by atomic mass is 35.5. The molecule has 1 aromatic carbocycles. The lowest BCUT2D eigenvalue weighted by atomic mass is 10.1. The first-order valence-electron chi connectivity index (χ1n) is 6.74. The average Bonchev–Trinajstić information content (AvgIpc) is 3.11. The number of hydrogen-bond acceptors (Lipinski definition) is 3. The summed E-state index contributed by atoms with van der Waals surface area (Å²) in [5, 5.41) is 0. The van der Waals surface area contributed by atoms with Crippen molar-refractivity contribution in [3.63, 3.8) is 0 Å². The van der Waals surface area contributed by atoms with E-state index in [2.05, 4.69) is 29.8 Å². The summed E-state index contributed by atoms with van der Waals surface area (Å²) < 4.78 is 5.94. The zero-order valence-electron chi connectivity index (χ0n) is 11.6. The smallest absolute Gasteiger partial charge is 0.145 e. The van der Waals surface area contributed by atoms with Crippen molar-refractivity contribution in [3.05, 3.63) is 29.3 Å². The maximum Gasteiger partial charge on any atom is 0.145 e. The standard InChI is InChI=1S/C15H20N2O.ClH/c1-11-4-3-5-14(12(11)2)18-10-15-16-8-9-17(15)13-6-7-13;/h3-5,13H,6-10H2,1-2H3;1H. The van der Waals surface area contributed by atoms with Gasteiger partial charge in [0.2, 0.25) is 0 Å². The summed E-state index contributed by atoms with van der Waals surface area (Å²) in [6.45, 7) is 6.85. The Morgan fingerprint density at radius 3 is 2.84 bits per heavy atom. The Balaban J connectivity index is 0.00000133. The molecule has 1 fully saturated rings. The van der Waals surface area contributed by atoms with Crippen LogP contribution in [0.3, 0.4) is 0 Å². The van der Waals surface area contributed by atoms with E-state index < -0.39 is 0 Å². The first-order valence-corrected chi connectivity index (χ1v) is 6.74. The van der Waals surface area contributed by atoms with Crippen LogP contribution in [0.1, 0.15) is 24.0 Å². The van der Waals surface area contributed by atoms with Gasteiger partial charge in [-0.2, -0.15) is 0 Å². The fourth-order valence-electron chi connectivity index (χ4n) is 2.44. The minimum Gasteiger partial charge on any atom is -0.485 e. The molecule has 4 heteroatoms. The number of aliphatic imine (C=N–C) groups is 1. The second-order valence-corrected chi connectivity index (χ2v) is 5.21. The maximum absolute atomic E-state index is 5.94. The van der Waals surface area contributed by atoms with Crippen LogP contribution in [-0.4, -0.2) is 36.5 Å². The van der Waals surface area contributed by atoms with Crippen molar-refractivity contribution in [2.75, 3.05) is 19.7 Å². The molecule has 0 amide bonds. The molecule has 0 bridgehead atoms. The van der Waals surface area contributed by atoms with E-state index >= 15 is 0 Å². The van der Waals surface area contributed by atoms with E-state index in [1.54, 1.807) is 0 Å². The fourth-order valence-corrected chi connectivity index (χ4v) is 2.44. The Hall–Kier alpha value is -1.22. The van der Waals surface area contributed by atoms with Gasteiger partial charge in [-0.1, -0.05) is 12.1 Å².